The van der Waals surface area contributed by atoms with Crippen molar-refractivity contribution < 1.29 is 24.2 Å². The summed E-state index contributed by atoms with van der Waals surface area (Å²) in [5.74, 6) is -0.483. The molecule has 1 aromatic heterocycles. The van der Waals surface area contributed by atoms with Gasteiger partial charge in [0.05, 0.1) is 17.4 Å². The summed E-state index contributed by atoms with van der Waals surface area (Å²) in [6.45, 7) is 6.14. The number of ketones is 1. The molecule has 202 valence electrons. The molecule has 1 aliphatic rings. The molecule has 1 unspecified atom stereocenters. The van der Waals surface area contributed by atoms with E-state index in [0.717, 1.165) is 11.1 Å². The summed E-state index contributed by atoms with van der Waals surface area (Å²) in [5, 5.41) is 11.4. The number of rotatable bonds is 8. The van der Waals surface area contributed by atoms with Crippen LogP contribution >= 0.6 is 0 Å². The van der Waals surface area contributed by atoms with Crippen molar-refractivity contribution in [3.8, 4) is 11.5 Å². The minimum atomic E-state index is -0.913. The molecule has 1 amide bonds. The Morgan fingerprint density at radius 2 is 1.68 bits per heavy atom. The Morgan fingerprint density at radius 1 is 0.950 bits per heavy atom. The van der Waals surface area contributed by atoms with E-state index in [1.165, 1.54) is 4.90 Å². The normalized spacial score (nSPS) is 16.4. The number of aryl methyl sites for hydroxylation is 1. The maximum Gasteiger partial charge on any atom is 0.300 e. The second-order valence-corrected chi connectivity index (χ2v) is 9.84. The lowest BCUT2D eigenvalue weighted by molar-refractivity contribution is -0.132. The average Bonchev–Trinajstić information content (AvgIpc) is 3.23. The number of carbonyl (C=O) groups excluding carboxylic acids is 2. The summed E-state index contributed by atoms with van der Waals surface area (Å²) < 4.78 is 11.7. The quantitative estimate of drug-likeness (QED) is 0.160. The molecule has 0 saturated carbocycles. The van der Waals surface area contributed by atoms with E-state index in [2.05, 4.69) is 4.98 Å². The molecular weight excluding hydrogens is 504 g/mol. The van der Waals surface area contributed by atoms with Crippen LogP contribution in [-0.2, 0) is 16.2 Å². The largest absolute Gasteiger partial charge is 0.507 e. The average molecular weight is 535 g/mol. The Labute approximate surface area is 233 Å². The van der Waals surface area contributed by atoms with Gasteiger partial charge in [0.1, 0.15) is 29.9 Å². The molecule has 5 rings (SSSR count). The van der Waals surface area contributed by atoms with Crippen molar-refractivity contribution in [2.45, 2.75) is 39.5 Å². The number of Topliss-reactive ketones (excluding diaryl/α,β-unsaturated/α-hetero) is 1. The molecule has 40 heavy (non-hydrogen) atoms. The summed E-state index contributed by atoms with van der Waals surface area (Å²) in [6.07, 6.45) is 1.58. The molecule has 4 aromatic rings. The fourth-order valence-corrected chi connectivity index (χ4v) is 4.70. The third-order valence-corrected chi connectivity index (χ3v) is 6.59. The zero-order valence-corrected chi connectivity index (χ0v) is 22.6. The zero-order chi connectivity index (χ0) is 28.2. The Bertz CT molecular complexity index is 1550. The van der Waals surface area contributed by atoms with Crippen molar-refractivity contribution in [3.63, 3.8) is 0 Å². The van der Waals surface area contributed by atoms with Crippen LogP contribution < -0.4 is 14.4 Å². The summed E-state index contributed by atoms with van der Waals surface area (Å²) >= 11 is 0. The number of aliphatic hydroxyl groups is 1. The van der Waals surface area contributed by atoms with Crippen molar-refractivity contribution in [2.24, 2.45) is 0 Å². The predicted molar refractivity (Wildman–Crippen MR) is 153 cm³/mol. The van der Waals surface area contributed by atoms with E-state index in [9.17, 15) is 14.7 Å². The highest BCUT2D eigenvalue weighted by Crippen LogP contribution is 2.42. The van der Waals surface area contributed by atoms with E-state index in [-0.39, 0.29) is 17.4 Å². The van der Waals surface area contributed by atoms with Crippen molar-refractivity contribution in [3.05, 3.63) is 125 Å². The predicted octanol–water partition coefficient (Wildman–Crippen LogP) is 6.38. The molecule has 1 fully saturated rings. The molecule has 0 bridgehead atoms. The van der Waals surface area contributed by atoms with Gasteiger partial charge in [0.25, 0.3) is 11.7 Å². The van der Waals surface area contributed by atoms with E-state index >= 15 is 0 Å². The second-order valence-electron chi connectivity index (χ2n) is 9.84. The molecule has 0 radical (unpaired) electrons. The summed E-state index contributed by atoms with van der Waals surface area (Å²) in [7, 11) is 0. The first-order chi connectivity index (χ1) is 19.3. The van der Waals surface area contributed by atoms with Crippen LogP contribution in [0.2, 0.25) is 0 Å². The van der Waals surface area contributed by atoms with Crippen LogP contribution in [0.3, 0.4) is 0 Å². The fourth-order valence-electron chi connectivity index (χ4n) is 4.70. The number of pyridine rings is 1. The number of anilines is 1. The van der Waals surface area contributed by atoms with Gasteiger partial charge in [-0.25, -0.2) is 0 Å². The van der Waals surface area contributed by atoms with Gasteiger partial charge >= 0.3 is 0 Å². The summed E-state index contributed by atoms with van der Waals surface area (Å²) in [5.41, 5.74) is 3.17. The van der Waals surface area contributed by atoms with E-state index in [1.807, 2.05) is 51.1 Å². The lowest BCUT2D eigenvalue weighted by Gasteiger charge is -2.25. The van der Waals surface area contributed by atoms with Crippen LogP contribution in [0.5, 0.6) is 11.5 Å². The molecule has 1 N–H and O–H groups in total. The first-order valence-corrected chi connectivity index (χ1v) is 13.1. The topological polar surface area (TPSA) is 89.0 Å². The number of hydrogen-bond acceptors (Lipinski definition) is 6. The molecule has 1 atom stereocenters. The van der Waals surface area contributed by atoms with Gasteiger partial charge in [0.15, 0.2) is 0 Å². The zero-order valence-electron chi connectivity index (χ0n) is 22.6. The first-order valence-electron chi connectivity index (χ1n) is 13.1. The molecule has 0 spiro atoms. The smallest absolute Gasteiger partial charge is 0.300 e. The van der Waals surface area contributed by atoms with Crippen LogP contribution in [0, 0.1) is 6.92 Å². The number of ether oxygens (including phenoxy) is 2. The number of hydrogen-bond donors (Lipinski definition) is 1. The van der Waals surface area contributed by atoms with E-state index in [1.54, 1.807) is 66.9 Å². The molecule has 3 aromatic carbocycles. The molecular formula is C33H30N2O5. The van der Waals surface area contributed by atoms with Crippen LogP contribution in [0.1, 0.15) is 42.3 Å². The number of carbonyl (C=O) groups is 2. The van der Waals surface area contributed by atoms with Crippen molar-refractivity contribution >= 4 is 23.1 Å². The van der Waals surface area contributed by atoms with Gasteiger partial charge in [-0.1, -0.05) is 36.4 Å². The second kappa shape index (κ2) is 11.5. The lowest BCUT2D eigenvalue weighted by atomic mass is 9.97. The SMILES string of the molecule is Cc1cc(/C(O)=C2/C(=O)C(=O)N(c3ccc(OCc4ccccc4)cc3)C2c2ccccn2)ccc1OC(C)C. The first kappa shape index (κ1) is 26.7. The number of nitrogens with zero attached hydrogens (tertiary/aromatic N) is 2. The van der Waals surface area contributed by atoms with Gasteiger partial charge < -0.3 is 14.6 Å². The highest BCUT2D eigenvalue weighted by atomic mass is 16.5. The van der Waals surface area contributed by atoms with Crippen LogP contribution in [0.4, 0.5) is 5.69 Å². The highest BCUT2D eigenvalue weighted by molar-refractivity contribution is 6.51. The molecule has 1 aliphatic heterocycles. The monoisotopic (exact) mass is 534 g/mol. The molecule has 0 aliphatic carbocycles. The molecule has 1 saturated heterocycles. The maximum atomic E-state index is 13.4. The molecule has 7 heteroatoms. The minimum Gasteiger partial charge on any atom is -0.507 e. The molecule has 7 nitrogen and oxygen atoms in total. The van der Waals surface area contributed by atoms with Gasteiger partial charge in [0.2, 0.25) is 0 Å². The van der Waals surface area contributed by atoms with Crippen molar-refractivity contribution in [2.75, 3.05) is 4.90 Å². The van der Waals surface area contributed by atoms with E-state index < -0.39 is 17.7 Å². The Kier molecular flexibility index (Phi) is 7.64. The summed E-state index contributed by atoms with van der Waals surface area (Å²) in [4.78, 5) is 32.7. The van der Waals surface area contributed by atoms with Gasteiger partial charge in [0, 0.05) is 17.4 Å². The third kappa shape index (κ3) is 5.45. The Balaban J connectivity index is 1.51. The van der Waals surface area contributed by atoms with E-state index in [4.69, 9.17) is 9.47 Å². The number of amides is 1. The highest BCUT2D eigenvalue weighted by Gasteiger charge is 2.47. The lowest BCUT2D eigenvalue weighted by Crippen LogP contribution is -2.29. The van der Waals surface area contributed by atoms with Crippen LogP contribution in [-0.4, -0.2) is 27.9 Å². The number of aliphatic hydroxyl groups excluding tert-OH is 1. The maximum absolute atomic E-state index is 13.4. The van der Waals surface area contributed by atoms with Crippen molar-refractivity contribution in [1.82, 2.24) is 4.98 Å². The minimum absolute atomic E-state index is 0.0113. The van der Waals surface area contributed by atoms with Gasteiger partial charge in [-0.2, -0.15) is 0 Å². The number of aromatic nitrogens is 1. The molecule has 2 heterocycles. The fraction of sp³-hybridized carbons (Fsp3) is 0.182. The van der Waals surface area contributed by atoms with Gasteiger partial charge in [-0.15, -0.1) is 0 Å². The summed E-state index contributed by atoms with van der Waals surface area (Å²) in [6, 6.07) is 26.3. The van der Waals surface area contributed by atoms with Crippen molar-refractivity contribution in [1.29, 1.82) is 0 Å². The Morgan fingerprint density at radius 3 is 2.33 bits per heavy atom. The van der Waals surface area contributed by atoms with E-state index in [0.29, 0.717) is 35.1 Å². The Hall–Kier alpha value is -4.91. The number of benzene rings is 3. The van der Waals surface area contributed by atoms with Gasteiger partial charge in [-0.05, 0) is 86.5 Å². The standard InChI is InChI=1S/C33H30N2O5/c1-21(2)40-28-17-12-24(19-22(28)3)31(36)29-30(27-11-7-8-18-34-27)35(33(38)32(29)37)25-13-15-26(16-14-25)39-20-23-9-5-4-6-10-23/h4-19,21,30,36H,20H2,1-3H3/b31-29-. The third-order valence-electron chi connectivity index (χ3n) is 6.59. The van der Waals surface area contributed by atoms with Crippen LogP contribution in [0.25, 0.3) is 5.76 Å². The van der Waals surface area contributed by atoms with Gasteiger partial charge in [-0.3, -0.25) is 19.5 Å². The van der Waals surface area contributed by atoms with Crippen LogP contribution in [0.15, 0.2) is 103 Å².